The first-order valence-electron chi connectivity index (χ1n) is 8.53. The van der Waals surface area contributed by atoms with Gasteiger partial charge >= 0.3 is 6.18 Å². The number of anilines is 1. The predicted molar refractivity (Wildman–Crippen MR) is 96.8 cm³/mol. The van der Waals surface area contributed by atoms with Crippen LogP contribution in [0.2, 0.25) is 0 Å². The minimum absolute atomic E-state index is 0.0807. The Morgan fingerprint density at radius 2 is 2.00 bits per heavy atom. The topological polar surface area (TPSA) is 107 Å². The SMILES string of the molecule is CC(C)C(Nc1ccc(C(F)(F)F)cc1[N+](=O)[O-])c1nc(-c2cccnc2)no1. The van der Waals surface area contributed by atoms with Crippen molar-refractivity contribution in [2.45, 2.75) is 26.1 Å². The maximum Gasteiger partial charge on any atom is 0.416 e. The van der Waals surface area contributed by atoms with Crippen LogP contribution in [0.4, 0.5) is 24.5 Å². The molecule has 2 heterocycles. The molecule has 0 aliphatic rings. The van der Waals surface area contributed by atoms with Gasteiger partial charge in [-0.2, -0.15) is 18.2 Å². The second kappa shape index (κ2) is 7.86. The molecule has 1 atom stereocenters. The Hall–Kier alpha value is -3.50. The van der Waals surface area contributed by atoms with E-state index in [9.17, 15) is 23.3 Å². The molecule has 1 aromatic carbocycles. The van der Waals surface area contributed by atoms with Gasteiger partial charge in [-0.1, -0.05) is 19.0 Å². The molecule has 8 nitrogen and oxygen atoms in total. The molecule has 0 aliphatic heterocycles. The number of nitrogens with zero attached hydrogens (tertiary/aromatic N) is 4. The van der Waals surface area contributed by atoms with Crippen LogP contribution in [0.1, 0.15) is 31.3 Å². The van der Waals surface area contributed by atoms with E-state index in [0.717, 1.165) is 12.1 Å². The molecule has 3 rings (SSSR count). The second-order valence-corrected chi connectivity index (χ2v) is 6.55. The van der Waals surface area contributed by atoms with Crippen molar-refractivity contribution in [1.29, 1.82) is 0 Å². The lowest BCUT2D eigenvalue weighted by Gasteiger charge is -2.20. The van der Waals surface area contributed by atoms with Crippen molar-refractivity contribution >= 4 is 11.4 Å². The monoisotopic (exact) mass is 407 g/mol. The third kappa shape index (κ3) is 4.50. The van der Waals surface area contributed by atoms with E-state index in [1.807, 2.05) is 13.8 Å². The summed E-state index contributed by atoms with van der Waals surface area (Å²) in [6, 6.07) is 5.07. The van der Waals surface area contributed by atoms with Crippen LogP contribution in [0.15, 0.2) is 47.2 Å². The number of benzene rings is 1. The fourth-order valence-corrected chi connectivity index (χ4v) is 2.64. The number of hydrogen-bond donors (Lipinski definition) is 1. The van der Waals surface area contributed by atoms with Gasteiger partial charge in [-0.25, -0.2) is 0 Å². The number of aromatic nitrogens is 3. The largest absolute Gasteiger partial charge is 0.416 e. The highest BCUT2D eigenvalue weighted by molar-refractivity contribution is 5.63. The highest BCUT2D eigenvalue weighted by atomic mass is 19.4. The standard InChI is InChI=1S/C18H16F3N5O3/c1-10(2)15(17-24-16(25-29-17)11-4-3-7-22-9-11)23-13-6-5-12(18(19,20)21)8-14(13)26(27)28/h3-10,15,23H,1-2H3. The molecule has 1 unspecified atom stereocenters. The Morgan fingerprint density at radius 1 is 1.24 bits per heavy atom. The van der Waals surface area contributed by atoms with Gasteiger partial charge in [-0.15, -0.1) is 0 Å². The molecule has 0 amide bonds. The smallest absolute Gasteiger partial charge is 0.368 e. The van der Waals surface area contributed by atoms with Crippen LogP contribution in [0.5, 0.6) is 0 Å². The first-order chi connectivity index (χ1) is 13.7. The summed E-state index contributed by atoms with van der Waals surface area (Å²) in [5.74, 6) is 0.259. The Morgan fingerprint density at radius 3 is 2.59 bits per heavy atom. The molecule has 3 aromatic rings. The van der Waals surface area contributed by atoms with Gasteiger partial charge in [-0.05, 0) is 30.2 Å². The van der Waals surface area contributed by atoms with Crippen molar-refractivity contribution in [3.63, 3.8) is 0 Å². The van der Waals surface area contributed by atoms with Crippen LogP contribution in [0.3, 0.4) is 0 Å². The van der Waals surface area contributed by atoms with Crippen LogP contribution in [0.25, 0.3) is 11.4 Å². The Balaban J connectivity index is 1.94. The summed E-state index contributed by atoms with van der Waals surface area (Å²) < 4.78 is 44.0. The van der Waals surface area contributed by atoms with Crippen molar-refractivity contribution in [3.05, 3.63) is 64.3 Å². The average molecular weight is 407 g/mol. The molecule has 0 spiro atoms. The maximum absolute atomic E-state index is 12.9. The van der Waals surface area contributed by atoms with Crippen molar-refractivity contribution in [2.75, 3.05) is 5.32 Å². The summed E-state index contributed by atoms with van der Waals surface area (Å²) in [4.78, 5) is 18.7. The Labute approximate surface area is 162 Å². The van der Waals surface area contributed by atoms with Gasteiger partial charge in [-0.3, -0.25) is 15.1 Å². The summed E-state index contributed by atoms with van der Waals surface area (Å²) in [7, 11) is 0. The zero-order chi connectivity index (χ0) is 21.2. The van der Waals surface area contributed by atoms with Gasteiger partial charge in [0.15, 0.2) is 0 Å². The Kier molecular flexibility index (Phi) is 5.48. The molecule has 2 aromatic heterocycles. The predicted octanol–water partition coefficient (Wildman–Crippen LogP) is 4.87. The van der Waals surface area contributed by atoms with Gasteiger partial charge in [0.1, 0.15) is 11.7 Å². The average Bonchev–Trinajstić information content (AvgIpc) is 3.15. The van der Waals surface area contributed by atoms with Crippen molar-refractivity contribution in [3.8, 4) is 11.4 Å². The number of halogens is 3. The van der Waals surface area contributed by atoms with Gasteiger partial charge in [0, 0.05) is 24.0 Å². The maximum atomic E-state index is 12.9. The number of rotatable bonds is 6. The molecular formula is C18H16F3N5O3. The van der Waals surface area contributed by atoms with Gasteiger partial charge < -0.3 is 9.84 Å². The van der Waals surface area contributed by atoms with E-state index in [0.29, 0.717) is 11.6 Å². The number of nitrogens with one attached hydrogen (secondary N) is 1. The molecule has 0 bridgehead atoms. The zero-order valence-corrected chi connectivity index (χ0v) is 15.3. The number of hydrogen-bond acceptors (Lipinski definition) is 7. The first kappa shape index (κ1) is 20.2. The summed E-state index contributed by atoms with van der Waals surface area (Å²) in [5, 5.41) is 18.1. The number of nitro groups is 1. The fraction of sp³-hybridized carbons (Fsp3) is 0.278. The van der Waals surface area contributed by atoms with Crippen molar-refractivity contribution in [1.82, 2.24) is 15.1 Å². The van der Waals surface area contributed by atoms with E-state index < -0.39 is 28.4 Å². The molecule has 29 heavy (non-hydrogen) atoms. The molecule has 0 aliphatic carbocycles. The lowest BCUT2D eigenvalue weighted by atomic mass is 10.0. The lowest BCUT2D eigenvalue weighted by molar-refractivity contribution is -0.384. The van der Waals surface area contributed by atoms with E-state index in [1.165, 1.54) is 0 Å². The van der Waals surface area contributed by atoms with Crippen LogP contribution in [-0.4, -0.2) is 20.0 Å². The molecule has 0 saturated carbocycles. The van der Waals surface area contributed by atoms with E-state index in [2.05, 4.69) is 20.4 Å². The normalized spacial score (nSPS) is 12.8. The van der Waals surface area contributed by atoms with E-state index >= 15 is 0 Å². The quantitative estimate of drug-likeness (QED) is 0.459. The zero-order valence-electron chi connectivity index (χ0n) is 15.3. The molecule has 11 heteroatoms. The van der Waals surface area contributed by atoms with Crippen LogP contribution < -0.4 is 5.32 Å². The molecule has 152 valence electrons. The Bertz CT molecular complexity index is 1010. The van der Waals surface area contributed by atoms with Crippen LogP contribution in [0, 0.1) is 16.0 Å². The van der Waals surface area contributed by atoms with E-state index in [4.69, 9.17) is 4.52 Å². The summed E-state index contributed by atoms with van der Waals surface area (Å²) in [6.45, 7) is 3.61. The number of nitro benzene ring substituents is 1. The fourth-order valence-electron chi connectivity index (χ4n) is 2.64. The molecule has 1 N–H and O–H groups in total. The molecular weight excluding hydrogens is 391 g/mol. The number of pyridine rings is 1. The van der Waals surface area contributed by atoms with Crippen molar-refractivity contribution in [2.24, 2.45) is 5.92 Å². The summed E-state index contributed by atoms with van der Waals surface area (Å²) >= 11 is 0. The van der Waals surface area contributed by atoms with Crippen LogP contribution >= 0.6 is 0 Å². The van der Waals surface area contributed by atoms with Gasteiger partial charge in [0.2, 0.25) is 11.7 Å². The van der Waals surface area contributed by atoms with E-state index in [1.54, 1.807) is 24.5 Å². The third-order valence-electron chi connectivity index (χ3n) is 4.13. The molecule has 0 radical (unpaired) electrons. The van der Waals surface area contributed by atoms with Gasteiger partial charge in [0.25, 0.3) is 5.69 Å². The van der Waals surface area contributed by atoms with E-state index in [-0.39, 0.29) is 23.3 Å². The highest BCUT2D eigenvalue weighted by Gasteiger charge is 2.34. The summed E-state index contributed by atoms with van der Waals surface area (Å²) in [6.07, 6.45) is -1.55. The summed E-state index contributed by atoms with van der Waals surface area (Å²) in [5.41, 5.74) is -1.27. The minimum Gasteiger partial charge on any atom is -0.368 e. The molecule has 0 fully saturated rings. The third-order valence-corrected chi connectivity index (χ3v) is 4.13. The minimum atomic E-state index is -4.69. The first-order valence-corrected chi connectivity index (χ1v) is 8.53. The van der Waals surface area contributed by atoms with Crippen LogP contribution in [-0.2, 0) is 6.18 Å². The highest BCUT2D eigenvalue weighted by Crippen LogP contribution is 2.37. The molecule has 0 saturated heterocycles. The second-order valence-electron chi connectivity index (χ2n) is 6.55. The number of alkyl halides is 3. The van der Waals surface area contributed by atoms with Gasteiger partial charge in [0.05, 0.1) is 10.5 Å². The van der Waals surface area contributed by atoms with Crippen molar-refractivity contribution < 1.29 is 22.6 Å². The lowest BCUT2D eigenvalue weighted by Crippen LogP contribution is -2.18.